The van der Waals surface area contributed by atoms with Gasteiger partial charge in [0, 0.05) is 6.42 Å². The van der Waals surface area contributed by atoms with Crippen molar-refractivity contribution in [2.75, 3.05) is 14.2 Å². The van der Waals surface area contributed by atoms with E-state index in [-0.39, 0.29) is 17.9 Å². The van der Waals surface area contributed by atoms with Crippen LogP contribution in [0.2, 0.25) is 0 Å². The van der Waals surface area contributed by atoms with Crippen molar-refractivity contribution in [3.63, 3.8) is 0 Å². The first-order valence-electron chi connectivity index (χ1n) is 6.73. The largest absolute Gasteiger partial charge is 0.493 e. The second kappa shape index (κ2) is 6.87. The number of hydrogen-bond donors (Lipinski definition) is 2. The Morgan fingerprint density at radius 3 is 2.30 bits per heavy atom. The van der Waals surface area contributed by atoms with Crippen LogP contribution in [0.4, 0.5) is 0 Å². The van der Waals surface area contributed by atoms with E-state index in [0.717, 1.165) is 0 Å². The predicted molar refractivity (Wildman–Crippen MR) is 79.3 cm³/mol. The highest BCUT2D eigenvalue weighted by Gasteiger charge is 2.24. The summed E-state index contributed by atoms with van der Waals surface area (Å²) in [5.74, 6) is -2.18. The molecule has 0 amide bonds. The van der Waals surface area contributed by atoms with Crippen LogP contribution in [0.5, 0.6) is 11.5 Å². The van der Waals surface area contributed by atoms with Crippen LogP contribution in [0.3, 0.4) is 0 Å². The number of rotatable bonds is 7. The van der Waals surface area contributed by atoms with Crippen LogP contribution in [0.1, 0.15) is 27.8 Å². The molecule has 2 aromatic rings. The van der Waals surface area contributed by atoms with E-state index in [4.69, 9.17) is 19.0 Å². The average molecular weight is 320 g/mol. The van der Waals surface area contributed by atoms with Crippen LogP contribution in [0.25, 0.3) is 0 Å². The molecule has 1 heterocycles. The molecule has 0 aliphatic rings. The summed E-state index contributed by atoms with van der Waals surface area (Å²) in [7, 11) is 2.95. The summed E-state index contributed by atoms with van der Waals surface area (Å²) >= 11 is 0. The summed E-state index contributed by atoms with van der Waals surface area (Å²) in [6.45, 7) is 0. The Morgan fingerprint density at radius 1 is 1.09 bits per heavy atom. The van der Waals surface area contributed by atoms with E-state index in [2.05, 4.69) is 0 Å². The minimum atomic E-state index is -1.20. The van der Waals surface area contributed by atoms with E-state index in [1.54, 1.807) is 18.2 Å². The van der Waals surface area contributed by atoms with Crippen LogP contribution in [0, 0.1) is 0 Å². The van der Waals surface area contributed by atoms with E-state index in [0.29, 0.717) is 17.1 Å². The zero-order valence-electron chi connectivity index (χ0n) is 12.6. The molecule has 0 radical (unpaired) electrons. The number of furan rings is 1. The number of ether oxygens (including phenoxy) is 2. The smallest absolute Gasteiger partial charge is 0.371 e. The molecule has 0 saturated carbocycles. The van der Waals surface area contributed by atoms with E-state index in [1.165, 1.54) is 26.4 Å². The van der Waals surface area contributed by atoms with E-state index in [1.807, 2.05) is 0 Å². The zero-order chi connectivity index (χ0) is 17.0. The molecular weight excluding hydrogens is 304 g/mol. The Morgan fingerprint density at radius 2 is 1.78 bits per heavy atom. The van der Waals surface area contributed by atoms with Crippen LogP contribution < -0.4 is 9.47 Å². The Hall–Kier alpha value is -2.96. The second-order valence-corrected chi connectivity index (χ2v) is 4.78. The van der Waals surface area contributed by atoms with Crippen LogP contribution in [0.15, 0.2) is 34.7 Å². The molecule has 1 atom stereocenters. The lowest BCUT2D eigenvalue weighted by molar-refractivity contribution is -0.138. The van der Waals surface area contributed by atoms with Gasteiger partial charge in [-0.3, -0.25) is 4.79 Å². The lowest BCUT2D eigenvalue weighted by Gasteiger charge is -2.14. The van der Waals surface area contributed by atoms with Crippen molar-refractivity contribution in [2.24, 2.45) is 0 Å². The minimum Gasteiger partial charge on any atom is -0.493 e. The van der Waals surface area contributed by atoms with Gasteiger partial charge in [0.1, 0.15) is 5.76 Å². The normalized spacial score (nSPS) is 11.7. The molecule has 122 valence electrons. The van der Waals surface area contributed by atoms with Gasteiger partial charge < -0.3 is 24.1 Å². The molecule has 0 bridgehead atoms. The highest BCUT2D eigenvalue weighted by Crippen LogP contribution is 2.32. The Bertz CT molecular complexity index is 717. The van der Waals surface area contributed by atoms with Gasteiger partial charge in [0.25, 0.3) is 0 Å². The van der Waals surface area contributed by atoms with Gasteiger partial charge in [0.2, 0.25) is 5.76 Å². The molecule has 23 heavy (non-hydrogen) atoms. The number of carboxylic acids is 2. The van der Waals surface area contributed by atoms with E-state index in [9.17, 15) is 14.7 Å². The third-order valence-electron chi connectivity index (χ3n) is 3.39. The third kappa shape index (κ3) is 3.63. The van der Waals surface area contributed by atoms with Crippen molar-refractivity contribution in [1.29, 1.82) is 0 Å². The molecular formula is C16H16O7. The van der Waals surface area contributed by atoms with Gasteiger partial charge in [-0.2, -0.15) is 0 Å². The monoisotopic (exact) mass is 320 g/mol. The number of methoxy groups -OCH3 is 2. The van der Waals surface area contributed by atoms with Crippen molar-refractivity contribution < 1.29 is 33.7 Å². The molecule has 0 saturated heterocycles. The summed E-state index contributed by atoms with van der Waals surface area (Å²) < 4.78 is 15.4. The summed E-state index contributed by atoms with van der Waals surface area (Å²) in [5.41, 5.74) is 0.503. The maximum absolute atomic E-state index is 11.6. The summed E-state index contributed by atoms with van der Waals surface area (Å²) in [5, 5.41) is 18.3. The first-order chi connectivity index (χ1) is 11.0. The molecule has 0 spiro atoms. The van der Waals surface area contributed by atoms with E-state index < -0.39 is 17.9 Å². The summed E-state index contributed by atoms with van der Waals surface area (Å²) in [6.07, 6.45) is 0.0259. The quantitative estimate of drug-likeness (QED) is 0.806. The molecule has 7 heteroatoms. The summed E-state index contributed by atoms with van der Waals surface area (Å²) in [4.78, 5) is 22.4. The lowest BCUT2D eigenvalue weighted by atomic mass is 9.94. The lowest BCUT2D eigenvalue weighted by Crippen LogP contribution is -2.14. The second-order valence-electron chi connectivity index (χ2n) is 4.78. The molecule has 0 fully saturated rings. The molecule has 2 rings (SSSR count). The van der Waals surface area contributed by atoms with Gasteiger partial charge in [-0.05, 0) is 29.8 Å². The first kappa shape index (κ1) is 16.4. The van der Waals surface area contributed by atoms with Crippen LogP contribution in [-0.2, 0) is 11.2 Å². The molecule has 2 N–H and O–H groups in total. The number of hydrogen-bond acceptors (Lipinski definition) is 5. The van der Waals surface area contributed by atoms with Gasteiger partial charge >= 0.3 is 11.9 Å². The van der Waals surface area contributed by atoms with Gasteiger partial charge in [-0.1, -0.05) is 6.07 Å². The molecule has 7 nitrogen and oxygen atoms in total. The maximum atomic E-state index is 11.6. The zero-order valence-corrected chi connectivity index (χ0v) is 12.6. The molecule has 0 aliphatic heterocycles. The highest BCUT2D eigenvalue weighted by molar-refractivity contribution is 5.84. The molecule has 1 unspecified atom stereocenters. The number of carboxylic acid groups (broad SMARTS) is 2. The fraction of sp³-hybridized carbons (Fsp3) is 0.250. The van der Waals surface area contributed by atoms with Crippen LogP contribution >= 0.6 is 0 Å². The standard InChI is InChI=1S/C16H16O7/c1-21-12-5-3-9(7-14(12)22-2)11(15(17)18)8-10-4-6-13(23-10)16(19)20/h3-7,11H,8H2,1-2H3,(H,17,18)(H,19,20). The summed E-state index contributed by atoms with van der Waals surface area (Å²) in [6, 6.07) is 7.58. The Balaban J connectivity index is 2.31. The van der Waals surface area contributed by atoms with Crippen LogP contribution in [-0.4, -0.2) is 36.4 Å². The number of aromatic carboxylic acids is 1. The number of carbonyl (C=O) groups is 2. The predicted octanol–water partition coefficient (Wildman–Crippen LogP) is 2.41. The van der Waals surface area contributed by atoms with E-state index >= 15 is 0 Å². The average Bonchev–Trinajstić information content (AvgIpc) is 3.00. The van der Waals surface area contributed by atoms with Gasteiger partial charge in [0.15, 0.2) is 11.5 Å². The van der Waals surface area contributed by atoms with Crippen molar-refractivity contribution in [3.8, 4) is 11.5 Å². The molecule has 1 aromatic carbocycles. The topological polar surface area (TPSA) is 106 Å². The van der Waals surface area contributed by atoms with Crippen molar-refractivity contribution in [3.05, 3.63) is 47.4 Å². The van der Waals surface area contributed by atoms with Gasteiger partial charge in [-0.15, -0.1) is 0 Å². The Labute approximate surface area is 132 Å². The van der Waals surface area contributed by atoms with Crippen molar-refractivity contribution in [2.45, 2.75) is 12.3 Å². The minimum absolute atomic E-state index is 0.0259. The first-order valence-corrected chi connectivity index (χ1v) is 6.73. The van der Waals surface area contributed by atoms with Crippen molar-refractivity contribution >= 4 is 11.9 Å². The Kier molecular flexibility index (Phi) is 4.90. The fourth-order valence-electron chi connectivity index (χ4n) is 2.22. The van der Waals surface area contributed by atoms with Crippen molar-refractivity contribution in [1.82, 2.24) is 0 Å². The third-order valence-corrected chi connectivity index (χ3v) is 3.39. The number of aliphatic carboxylic acids is 1. The maximum Gasteiger partial charge on any atom is 0.371 e. The molecule has 0 aliphatic carbocycles. The SMILES string of the molecule is COc1ccc(C(Cc2ccc(C(=O)O)o2)C(=O)O)cc1OC. The number of benzene rings is 1. The molecule has 1 aromatic heterocycles. The van der Waals surface area contributed by atoms with Gasteiger partial charge in [0.05, 0.1) is 20.1 Å². The van der Waals surface area contributed by atoms with Gasteiger partial charge in [-0.25, -0.2) is 4.79 Å². The highest BCUT2D eigenvalue weighted by atomic mass is 16.5. The fourth-order valence-corrected chi connectivity index (χ4v) is 2.22.